The first-order valence-electron chi connectivity index (χ1n) is 6.04. The number of aryl methyl sites for hydroxylation is 1. The van der Waals surface area contributed by atoms with Crippen molar-refractivity contribution in [2.24, 2.45) is 0 Å². The van der Waals surface area contributed by atoms with E-state index in [0.717, 1.165) is 0 Å². The zero-order valence-electron chi connectivity index (χ0n) is 11.1. The molecule has 2 aromatic rings. The third kappa shape index (κ3) is 3.08. The number of hydrogen-bond donors (Lipinski definition) is 0. The number of hydrogen-bond acceptors (Lipinski definition) is 6. The van der Waals surface area contributed by atoms with Gasteiger partial charge in [0.25, 0.3) is 0 Å². The molecule has 0 N–H and O–H groups in total. The van der Waals surface area contributed by atoms with Gasteiger partial charge < -0.3 is 4.74 Å². The molecule has 0 aromatic carbocycles. The second-order valence-electron chi connectivity index (χ2n) is 3.90. The number of nitrogens with zero attached hydrogens (tertiary/aromatic N) is 4. The van der Waals surface area contributed by atoms with Crippen LogP contribution in [0.4, 0.5) is 0 Å². The van der Waals surface area contributed by atoms with Gasteiger partial charge in [-0.2, -0.15) is 0 Å². The summed E-state index contributed by atoms with van der Waals surface area (Å²) < 4.78 is 4.93. The van der Waals surface area contributed by atoms with Crippen LogP contribution in [0, 0.1) is 6.92 Å². The summed E-state index contributed by atoms with van der Waals surface area (Å²) in [6.45, 7) is 3.80. The summed E-state index contributed by atoms with van der Waals surface area (Å²) in [5.41, 5.74) is 1.28. The van der Waals surface area contributed by atoms with Crippen molar-refractivity contribution in [2.75, 3.05) is 6.61 Å². The molecule has 0 saturated carbocycles. The van der Waals surface area contributed by atoms with Crippen LogP contribution in [0.2, 0.25) is 0 Å². The summed E-state index contributed by atoms with van der Waals surface area (Å²) in [5, 5.41) is 0. The van der Waals surface area contributed by atoms with E-state index < -0.39 is 5.97 Å². The minimum atomic E-state index is -0.478. The Balaban J connectivity index is 2.41. The van der Waals surface area contributed by atoms with Crippen LogP contribution in [0.1, 0.15) is 28.8 Å². The predicted molar refractivity (Wildman–Crippen MR) is 73.3 cm³/mol. The highest BCUT2D eigenvalue weighted by Crippen LogP contribution is 2.16. The molecule has 0 unspecified atom stereocenters. The van der Waals surface area contributed by atoms with E-state index in [4.69, 9.17) is 16.3 Å². The van der Waals surface area contributed by atoms with Gasteiger partial charge in [-0.3, -0.25) is 0 Å². The molecule has 0 spiro atoms. The average molecular weight is 293 g/mol. The molecule has 0 aliphatic carbocycles. The molecule has 0 saturated heterocycles. The monoisotopic (exact) mass is 292 g/mol. The predicted octanol–water partition coefficient (Wildman–Crippen LogP) is 2.16. The van der Waals surface area contributed by atoms with Crippen LogP contribution in [0.15, 0.2) is 18.5 Å². The van der Waals surface area contributed by atoms with Crippen LogP contribution in [0.5, 0.6) is 0 Å². The number of alkyl halides is 1. The van der Waals surface area contributed by atoms with Gasteiger partial charge in [0.1, 0.15) is 17.1 Å². The summed E-state index contributed by atoms with van der Waals surface area (Å²) in [6.07, 6.45) is 3.04. The first kappa shape index (κ1) is 14.3. The minimum absolute atomic E-state index is 0.0910. The molecular formula is C13H13ClN4O2. The van der Waals surface area contributed by atoms with E-state index in [0.29, 0.717) is 23.0 Å². The van der Waals surface area contributed by atoms with E-state index in [1.165, 1.54) is 6.20 Å². The van der Waals surface area contributed by atoms with Crippen molar-refractivity contribution < 1.29 is 9.53 Å². The van der Waals surface area contributed by atoms with Crippen molar-refractivity contribution in [3.63, 3.8) is 0 Å². The maximum atomic E-state index is 11.7. The molecule has 0 amide bonds. The highest BCUT2D eigenvalue weighted by Gasteiger charge is 2.16. The fourth-order valence-corrected chi connectivity index (χ4v) is 1.81. The molecule has 0 fully saturated rings. The van der Waals surface area contributed by atoms with Gasteiger partial charge in [-0.05, 0) is 19.9 Å². The lowest BCUT2D eigenvalue weighted by Gasteiger charge is -2.07. The molecule has 2 aromatic heterocycles. The second-order valence-corrected chi connectivity index (χ2v) is 4.16. The smallest absolute Gasteiger partial charge is 0.341 e. The topological polar surface area (TPSA) is 77.9 Å². The quantitative estimate of drug-likeness (QED) is 0.635. The Morgan fingerprint density at radius 3 is 2.80 bits per heavy atom. The Kier molecular flexibility index (Phi) is 4.57. The highest BCUT2D eigenvalue weighted by atomic mass is 35.5. The van der Waals surface area contributed by atoms with E-state index in [-0.39, 0.29) is 18.1 Å². The van der Waals surface area contributed by atoms with Gasteiger partial charge >= 0.3 is 5.97 Å². The first-order valence-corrected chi connectivity index (χ1v) is 6.58. The molecule has 0 aliphatic rings. The van der Waals surface area contributed by atoms with Gasteiger partial charge in [0, 0.05) is 12.4 Å². The Hall–Kier alpha value is -2.08. The maximum Gasteiger partial charge on any atom is 0.341 e. The maximum absolute atomic E-state index is 11.7. The molecule has 0 aliphatic heterocycles. The van der Waals surface area contributed by atoms with Crippen LogP contribution in [-0.4, -0.2) is 32.5 Å². The van der Waals surface area contributed by atoms with Crippen LogP contribution >= 0.6 is 11.6 Å². The molecule has 7 heteroatoms. The Labute approximate surface area is 121 Å². The van der Waals surface area contributed by atoms with Crippen LogP contribution in [-0.2, 0) is 10.6 Å². The average Bonchev–Trinajstić information content (AvgIpc) is 2.46. The summed E-state index contributed by atoms with van der Waals surface area (Å²) in [6, 6.07) is 1.70. The summed E-state index contributed by atoms with van der Waals surface area (Å²) in [4.78, 5) is 28.4. The van der Waals surface area contributed by atoms with Gasteiger partial charge in [-0.25, -0.2) is 24.7 Å². The normalized spacial score (nSPS) is 10.3. The van der Waals surface area contributed by atoms with Crippen molar-refractivity contribution in [2.45, 2.75) is 19.7 Å². The van der Waals surface area contributed by atoms with Gasteiger partial charge in [-0.15, -0.1) is 11.6 Å². The van der Waals surface area contributed by atoms with Crippen molar-refractivity contribution in [3.05, 3.63) is 35.5 Å². The number of carbonyl (C=O) groups excluding carboxylic acids is 1. The van der Waals surface area contributed by atoms with Gasteiger partial charge in [0.05, 0.1) is 18.2 Å². The SMILES string of the molecule is CCOC(=O)c1cnc(-c2ccnc(C)n2)nc1CCl. The van der Waals surface area contributed by atoms with Gasteiger partial charge in [-0.1, -0.05) is 0 Å². The van der Waals surface area contributed by atoms with Crippen molar-refractivity contribution in [1.29, 1.82) is 0 Å². The van der Waals surface area contributed by atoms with E-state index in [2.05, 4.69) is 19.9 Å². The number of rotatable bonds is 4. The molecular weight excluding hydrogens is 280 g/mol. The fourth-order valence-electron chi connectivity index (χ4n) is 1.60. The van der Waals surface area contributed by atoms with E-state index >= 15 is 0 Å². The van der Waals surface area contributed by atoms with Gasteiger partial charge in [0.15, 0.2) is 5.82 Å². The Bertz CT molecular complexity index is 634. The largest absolute Gasteiger partial charge is 0.462 e. The lowest BCUT2D eigenvalue weighted by atomic mass is 10.2. The van der Waals surface area contributed by atoms with E-state index in [9.17, 15) is 4.79 Å². The van der Waals surface area contributed by atoms with Crippen LogP contribution in [0.3, 0.4) is 0 Å². The number of halogens is 1. The molecule has 2 rings (SSSR count). The number of aromatic nitrogens is 4. The van der Waals surface area contributed by atoms with Crippen molar-refractivity contribution in [1.82, 2.24) is 19.9 Å². The lowest BCUT2D eigenvalue weighted by molar-refractivity contribution is 0.0524. The zero-order chi connectivity index (χ0) is 14.5. The summed E-state index contributed by atoms with van der Waals surface area (Å²) in [7, 11) is 0. The Morgan fingerprint density at radius 1 is 1.35 bits per heavy atom. The number of esters is 1. The van der Waals surface area contributed by atoms with Crippen LogP contribution in [0.25, 0.3) is 11.5 Å². The van der Waals surface area contributed by atoms with Crippen molar-refractivity contribution in [3.8, 4) is 11.5 Å². The third-order valence-electron chi connectivity index (χ3n) is 2.49. The second kappa shape index (κ2) is 6.38. The van der Waals surface area contributed by atoms with Crippen molar-refractivity contribution >= 4 is 17.6 Å². The molecule has 0 radical (unpaired) electrons. The molecule has 6 nitrogen and oxygen atoms in total. The Morgan fingerprint density at radius 2 is 2.15 bits per heavy atom. The minimum Gasteiger partial charge on any atom is -0.462 e. The highest BCUT2D eigenvalue weighted by molar-refractivity contribution is 6.17. The summed E-state index contributed by atoms with van der Waals surface area (Å²) >= 11 is 5.84. The molecule has 20 heavy (non-hydrogen) atoms. The van der Waals surface area contributed by atoms with E-state index in [1.807, 2.05) is 0 Å². The third-order valence-corrected chi connectivity index (χ3v) is 2.75. The zero-order valence-corrected chi connectivity index (χ0v) is 11.9. The summed E-state index contributed by atoms with van der Waals surface area (Å²) in [5.74, 6) is 0.633. The molecule has 2 heterocycles. The van der Waals surface area contributed by atoms with E-state index in [1.54, 1.807) is 26.1 Å². The fraction of sp³-hybridized carbons (Fsp3) is 0.308. The lowest BCUT2D eigenvalue weighted by Crippen LogP contribution is -2.11. The molecule has 0 atom stereocenters. The number of ether oxygens (including phenoxy) is 1. The first-order chi connectivity index (χ1) is 9.65. The van der Waals surface area contributed by atoms with Crippen LogP contribution < -0.4 is 0 Å². The molecule has 0 bridgehead atoms. The van der Waals surface area contributed by atoms with Gasteiger partial charge in [0.2, 0.25) is 0 Å². The number of carbonyl (C=O) groups is 1. The standard InChI is InChI=1S/C13H13ClN4O2/c1-3-20-13(19)9-7-16-12(18-11(9)6-14)10-4-5-15-8(2)17-10/h4-5,7H,3,6H2,1-2H3. The molecule has 104 valence electrons.